The van der Waals surface area contributed by atoms with Crippen molar-refractivity contribution in [3.8, 4) is 0 Å². The molecule has 130 valence electrons. The summed E-state index contributed by atoms with van der Waals surface area (Å²) >= 11 is 1.61. The van der Waals surface area contributed by atoms with Crippen LogP contribution < -0.4 is 0 Å². The van der Waals surface area contributed by atoms with E-state index in [2.05, 4.69) is 0 Å². The van der Waals surface area contributed by atoms with Gasteiger partial charge in [-0.15, -0.1) is 0 Å². The second kappa shape index (κ2) is 8.15. The molecule has 0 fully saturated rings. The van der Waals surface area contributed by atoms with Crippen LogP contribution in [0.2, 0.25) is 0 Å². The number of ketones is 2. The topological polar surface area (TPSA) is 34.1 Å². The summed E-state index contributed by atoms with van der Waals surface area (Å²) in [5.41, 5.74) is 3.65. The van der Waals surface area contributed by atoms with Crippen LogP contribution in [0.3, 0.4) is 0 Å². The number of hydrogen-bond acceptors (Lipinski definition) is 3. The molecule has 0 saturated carbocycles. The van der Waals surface area contributed by atoms with Crippen LogP contribution in [-0.4, -0.2) is 11.6 Å². The number of carbonyl (C=O) groups is 2. The molecule has 3 heteroatoms. The van der Waals surface area contributed by atoms with Crippen molar-refractivity contribution in [2.45, 2.75) is 30.1 Å². The molecule has 0 unspecified atom stereocenters. The van der Waals surface area contributed by atoms with Crippen LogP contribution in [0.4, 0.5) is 0 Å². The van der Waals surface area contributed by atoms with E-state index in [-0.39, 0.29) is 11.6 Å². The summed E-state index contributed by atoms with van der Waals surface area (Å²) in [7, 11) is 0. The lowest BCUT2D eigenvalue weighted by molar-refractivity contribution is 0.0990. The van der Waals surface area contributed by atoms with Gasteiger partial charge in [-0.05, 0) is 49.2 Å². The lowest BCUT2D eigenvalue weighted by Crippen LogP contribution is -2.04. The lowest BCUT2D eigenvalue weighted by Gasteiger charge is -2.06. The second-order valence-corrected chi connectivity index (χ2v) is 7.38. The van der Waals surface area contributed by atoms with Crippen LogP contribution in [0.15, 0.2) is 82.6 Å². The molecule has 3 aromatic rings. The van der Waals surface area contributed by atoms with Crippen molar-refractivity contribution >= 4 is 23.3 Å². The first kappa shape index (κ1) is 18.2. The van der Waals surface area contributed by atoms with Crippen molar-refractivity contribution in [2.24, 2.45) is 0 Å². The number of aryl methyl sites for hydroxylation is 1. The van der Waals surface area contributed by atoms with Crippen LogP contribution >= 0.6 is 11.8 Å². The maximum absolute atomic E-state index is 12.5. The number of Topliss-reactive ketones (excluding diaryl/α,β-unsaturated/α-hetero) is 2. The van der Waals surface area contributed by atoms with Gasteiger partial charge in [0.05, 0.1) is 0 Å². The van der Waals surface area contributed by atoms with Crippen LogP contribution in [0.25, 0.3) is 0 Å². The van der Waals surface area contributed by atoms with Gasteiger partial charge in [-0.2, -0.15) is 0 Å². The molecule has 0 N–H and O–H groups in total. The Morgan fingerprint density at radius 3 is 1.85 bits per heavy atom. The largest absolute Gasteiger partial charge is 0.295 e. The third-order valence-electron chi connectivity index (χ3n) is 4.29. The first-order valence-electron chi connectivity index (χ1n) is 8.49. The fraction of sp³-hybridized carbons (Fsp3) is 0.130. The molecule has 0 aliphatic rings. The molecule has 3 aromatic carbocycles. The summed E-state index contributed by atoms with van der Waals surface area (Å²) in [4.78, 5) is 26.0. The number of rotatable bonds is 6. The van der Waals surface area contributed by atoms with Crippen molar-refractivity contribution in [2.75, 3.05) is 0 Å². The van der Waals surface area contributed by atoms with Gasteiger partial charge in [-0.3, -0.25) is 9.59 Å². The second-order valence-electron chi connectivity index (χ2n) is 6.23. The zero-order valence-electron chi connectivity index (χ0n) is 14.9. The van der Waals surface area contributed by atoms with Crippen LogP contribution in [0.5, 0.6) is 0 Å². The van der Waals surface area contributed by atoms with E-state index >= 15 is 0 Å². The summed E-state index contributed by atoms with van der Waals surface area (Å²) in [6, 6.07) is 23.2. The molecule has 0 radical (unpaired) electrons. The van der Waals surface area contributed by atoms with Gasteiger partial charge in [-0.1, -0.05) is 60.3 Å². The zero-order chi connectivity index (χ0) is 18.5. The minimum absolute atomic E-state index is 0.0677. The molecule has 2 nitrogen and oxygen atoms in total. The van der Waals surface area contributed by atoms with Gasteiger partial charge in [0.25, 0.3) is 0 Å². The van der Waals surface area contributed by atoms with E-state index in [1.54, 1.807) is 18.7 Å². The average Bonchev–Trinajstić information content (AvgIpc) is 2.64. The van der Waals surface area contributed by atoms with E-state index in [0.717, 1.165) is 26.5 Å². The summed E-state index contributed by atoms with van der Waals surface area (Å²) in [5.74, 6) is 0.194. The van der Waals surface area contributed by atoms with Crippen molar-refractivity contribution < 1.29 is 9.59 Å². The number of hydrogen-bond donors (Lipinski definition) is 0. The lowest BCUT2D eigenvalue weighted by atomic mass is 10.00. The summed E-state index contributed by atoms with van der Waals surface area (Å²) in [5, 5.41) is 0. The SMILES string of the molecule is CC(=O)c1ccc(Sc2ccc(C(=O)Cc3ccccc3C)cc2)cc1. The Hall–Kier alpha value is -2.65. The Morgan fingerprint density at radius 1 is 0.769 bits per heavy atom. The summed E-state index contributed by atoms with van der Waals surface area (Å²) in [6.45, 7) is 3.59. The minimum atomic E-state index is 0.0677. The van der Waals surface area contributed by atoms with Crippen molar-refractivity contribution in [3.05, 3.63) is 95.1 Å². The molecule has 0 heterocycles. The highest BCUT2D eigenvalue weighted by Gasteiger charge is 2.09. The Bertz CT molecular complexity index is 925. The Kier molecular flexibility index (Phi) is 5.69. The standard InChI is InChI=1S/C23H20O2S/c1-16-5-3-4-6-20(16)15-23(25)19-9-13-22(14-10-19)26-21-11-7-18(8-12-21)17(2)24/h3-14H,15H2,1-2H3. The highest BCUT2D eigenvalue weighted by atomic mass is 32.2. The molecule has 0 aliphatic heterocycles. The van der Waals surface area contributed by atoms with E-state index in [1.807, 2.05) is 79.7 Å². The number of carbonyl (C=O) groups excluding carboxylic acids is 2. The summed E-state index contributed by atoms with van der Waals surface area (Å²) in [6.07, 6.45) is 0.422. The molecule has 0 aliphatic carbocycles. The molecule has 0 amide bonds. The maximum atomic E-state index is 12.5. The van der Waals surface area contributed by atoms with E-state index < -0.39 is 0 Å². The molecule has 0 bridgehead atoms. The van der Waals surface area contributed by atoms with Crippen molar-refractivity contribution in [1.82, 2.24) is 0 Å². The van der Waals surface area contributed by atoms with Crippen molar-refractivity contribution in [3.63, 3.8) is 0 Å². The third-order valence-corrected chi connectivity index (χ3v) is 5.30. The molecule has 0 aromatic heterocycles. The normalized spacial score (nSPS) is 10.5. The Balaban J connectivity index is 1.67. The van der Waals surface area contributed by atoms with E-state index in [1.165, 1.54) is 0 Å². The smallest absolute Gasteiger partial charge is 0.167 e. The predicted molar refractivity (Wildman–Crippen MR) is 106 cm³/mol. The van der Waals surface area contributed by atoms with Gasteiger partial charge in [-0.25, -0.2) is 0 Å². The van der Waals surface area contributed by atoms with Gasteiger partial charge in [0, 0.05) is 27.3 Å². The minimum Gasteiger partial charge on any atom is -0.295 e. The molecular weight excluding hydrogens is 340 g/mol. The van der Waals surface area contributed by atoms with Gasteiger partial charge in [0.15, 0.2) is 11.6 Å². The highest BCUT2D eigenvalue weighted by Crippen LogP contribution is 2.28. The van der Waals surface area contributed by atoms with Gasteiger partial charge in [0.1, 0.15) is 0 Å². The highest BCUT2D eigenvalue weighted by molar-refractivity contribution is 7.99. The van der Waals surface area contributed by atoms with Crippen LogP contribution in [-0.2, 0) is 6.42 Å². The van der Waals surface area contributed by atoms with E-state index in [0.29, 0.717) is 12.0 Å². The molecule has 0 spiro atoms. The maximum Gasteiger partial charge on any atom is 0.167 e. The van der Waals surface area contributed by atoms with Gasteiger partial charge in [0.2, 0.25) is 0 Å². The Labute approximate surface area is 158 Å². The van der Waals surface area contributed by atoms with Crippen LogP contribution in [0.1, 0.15) is 38.8 Å². The van der Waals surface area contributed by atoms with Crippen molar-refractivity contribution in [1.29, 1.82) is 0 Å². The van der Waals surface area contributed by atoms with E-state index in [9.17, 15) is 9.59 Å². The van der Waals surface area contributed by atoms with E-state index in [4.69, 9.17) is 0 Å². The fourth-order valence-electron chi connectivity index (χ4n) is 2.69. The van der Waals surface area contributed by atoms with Gasteiger partial charge >= 0.3 is 0 Å². The third kappa shape index (κ3) is 4.50. The Morgan fingerprint density at radius 2 is 1.31 bits per heavy atom. The molecule has 3 rings (SSSR count). The monoisotopic (exact) mass is 360 g/mol. The fourth-order valence-corrected chi connectivity index (χ4v) is 3.50. The molecular formula is C23H20O2S. The molecule has 26 heavy (non-hydrogen) atoms. The first-order chi connectivity index (χ1) is 12.5. The van der Waals surface area contributed by atoms with Gasteiger partial charge < -0.3 is 0 Å². The first-order valence-corrected chi connectivity index (χ1v) is 9.31. The summed E-state index contributed by atoms with van der Waals surface area (Å²) < 4.78 is 0. The molecule has 0 atom stereocenters. The zero-order valence-corrected chi connectivity index (χ0v) is 15.7. The quantitative estimate of drug-likeness (QED) is 0.523. The van der Waals surface area contributed by atoms with Crippen LogP contribution in [0, 0.1) is 6.92 Å². The molecule has 0 saturated heterocycles. The predicted octanol–water partition coefficient (Wildman–Crippen LogP) is 5.77. The average molecular weight is 360 g/mol. The number of benzene rings is 3.